The molecule has 2 rings (SSSR count). The Morgan fingerprint density at radius 3 is 2.26 bits per heavy atom. The van der Waals surface area contributed by atoms with Crippen LogP contribution in [0.4, 0.5) is 0 Å². The Morgan fingerprint density at radius 1 is 0.974 bits per heavy atom. The quantitative estimate of drug-likeness (QED) is 0.0681. The largest absolute Gasteiger partial charge is 0.481 e. The van der Waals surface area contributed by atoms with Crippen LogP contribution in [0.2, 0.25) is 0 Å². The highest BCUT2D eigenvalue weighted by Gasteiger charge is 2.31. The fourth-order valence-electron chi connectivity index (χ4n) is 3.69. The fourth-order valence-corrected chi connectivity index (χ4v) is 3.69. The van der Waals surface area contributed by atoms with Crippen LogP contribution >= 0.6 is 0 Å². The van der Waals surface area contributed by atoms with Crippen molar-refractivity contribution in [2.24, 2.45) is 22.2 Å². The lowest BCUT2D eigenvalue weighted by Gasteiger charge is -2.24. The molecule has 4 unspecified atom stereocenters. The highest BCUT2D eigenvalue weighted by molar-refractivity contribution is 5.96. The van der Waals surface area contributed by atoms with Crippen molar-refractivity contribution in [2.45, 2.75) is 56.8 Å². The summed E-state index contributed by atoms with van der Waals surface area (Å²) < 4.78 is 0. The van der Waals surface area contributed by atoms with Gasteiger partial charge in [-0.1, -0.05) is 18.2 Å². The molecule has 0 radical (unpaired) electrons. The van der Waals surface area contributed by atoms with Crippen molar-refractivity contribution in [3.63, 3.8) is 0 Å². The van der Waals surface area contributed by atoms with Gasteiger partial charge in [-0.3, -0.25) is 29.0 Å². The van der Waals surface area contributed by atoms with Crippen LogP contribution in [0, 0.1) is 0 Å². The molecule has 3 amide bonds. The average Bonchev–Trinajstić information content (AvgIpc) is 3.27. The molecular formula is C24H34N8O7. The SMILES string of the molecule is CC(NC(=O)C(CC(=O)O)NC(=O)C(Cc1c[nH]c2ccccc12)NC(=O)C(N)CCCN=C(N)N)C(=O)O. The molecule has 2 aromatic rings. The van der Waals surface area contributed by atoms with Gasteiger partial charge in [-0.25, -0.2) is 0 Å². The second-order valence-electron chi connectivity index (χ2n) is 8.91. The van der Waals surface area contributed by atoms with E-state index < -0.39 is 60.2 Å². The van der Waals surface area contributed by atoms with E-state index in [1.165, 1.54) is 6.92 Å². The minimum absolute atomic E-state index is 0.0186. The van der Waals surface area contributed by atoms with Crippen LogP contribution < -0.4 is 33.2 Å². The molecule has 1 aromatic heterocycles. The first kappa shape index (κ1) is 30.6. The summed E-state index contributed by atoms with van der Waals surface area (Å²) in [6.45, 7) is 1.44. The zero-order chi connectivity index (χ0) is 29.1. The maximum absolute atomic E-state index is 13.3. The number of aromatic amines is 1. The number of guanidine groups is 1. The van der Waals surface area contributed by atoms with Gasteiger partial charge < -0.3 is 48.3 Å². The van der Waals surface area contributed by atoms with Crippen LogP contribution in [0.15, 0.2) is 35.5 Å². The molecule has 4 atom stereocenters. The number of nitrogens with one attached hydrogen (secondary N) is 4. The van der Waals surface area contributed by atoms with Gasteiger partial charge in [0, 0.05) is 30.1 Å². The Morgan fingerprint density at radius 2 is 1.62 bits per heavy atom. The van der Waals surface area contributed by atoms with Crippen molar-refractivity contribution in [3.05, 3.63) is 36.0 Å². The van der Waals surface area contributed by atoms with Crippen molar-refractivity contribution in [2.75, 3.05) is 6.54 Å². The number of carbonyl (C=O) groups is 5. The van der Waals surface area contributed by atoms with Crippen LogP contribution in [0.25, 0.3) is 10.9 Å². The lowest BCUT2D eigenvalue weighted by molar-refractivity contribution is -0.143. The lowest BCUT2D eigenvalue weighted by atomic mass is 10.0. The Kier molecular flexibility index (Phi) is 11.2. The predicted octanol–water partition coefficient (Wildman–Crippen LogP) is -1.88. The molecular weight excluding hydrogens is 512 g/mol. The number of H-pyrrole nitrogens is 1. The predicted molar refractivity (Wildman–Crippen MR) is 141 cm³/mol. The first-order valence-electron chi connectivity index (χ1n) is 12.1. The minimum Gasteiger partial charge on any atom is -0.481 e. The summed E-state index contributed by atoms with van der Waals surface area (Å²) >= 11 is 0. The van der Waals surface area contributed by atoms with Crippen molar-refractivity contribution in [1.82, 2.24) is 20.9 Å². The molecule has 1 heterocycles. The molecule has 39 heavy (non-hydrogen) atoms. The third kappa shape index (κ3) is 9.62. The van der Waals surface area contributed by atoms with Crippen molar-refractivity contribution in [3.8, 4) is 0 Å². The number of amides is 3. The third-order valence-corrected chi connectivity index (χ3v) is 5.78. The number of para-hydroxylation sites is 1. The molecule has 1 aromatic carbocycles. The molecule has 0 aliphatic heterocycles. The maximum Gasteiger partial charge on any atom is 0.325 e. The van der Waals surface area contributed by atoms with Gasteiger partial charge >= 0.3 is 11.9 Å². The number of hydrogen-bond donors (Lipinski definition) is 9. The topological polar surface area (TPSA) is 268 Å². The molecule has 12 N–H and O–H groups in total. The Bertz CT molecular complexity index is 1220. The molecule has 15 nitrogen and oxygen atoms in total. The summed E-state index contributed by atoms with van der Waals surface area (Å²) in [6.07, 6.45) is 1.44. The second kappa shape index (κ2) is 14.3. The van der Waals surface area contributed by atoms with Crippen LogP contribution in [-0.4, -0.2) is 81.5 Å². The Hall–Kier alpha value is -4.66. The standard InChI is InChI=1S/C24H34N8O7/c1-12(23(38)39)30-21(36)18(10-19(33)34)32-22(37)17(9-13-11-29-16-7-3-2-5-14(13)16)31-20(35)15(25)6-4-8-28-24(26)27/h2-3,5,7,11-12,15,17-18,29H,4,6,8-10,25H2,1H3,(H,30,36)(H,31,35)(H,32,37)(H,33,34)(H,38,39)(H4,26,27,28). The van der Waals surface area contributed by atoms with Crippen LogP contribution in [-0.2, 0) is 30.4 Å². The molecule has 0 saturated heterocycles. The fraction of sp³-hybridized carbons (Fsp3) is 0.417. The number of carbonyl (C=O) groups excluding carboxylic acids is 3. The number of rotatable bonds is 15. The number of aliphatic imine (C=N–C) groups is 1. The molecule has 212 valence electrons. The molecule has 15 heteroatoms. The zero-order valence-electron chi connectivity index (χ0n) is 21.3. The normalized spacial score (nSPS) is 13.9. The smallest absolute Gasteiger partial charge is 0.325 e. The van der Waals surface area contributed by atoms with Crippen molar-refractivity contribution < 1.29 is 34.2 Å². The van der Waals surface area contributed by atoms with Crippen molar-refractivity contribution >= 4 is 46.5 Å². The summed E-state index contributed by atoms with van der Waals surface area (Å²) in [7, 11) is 0. The molecule has 0 fully saturated rings. The summed E-state index contributed by atoms with van der Waals surface area (Å²) in [5.74, 6) is -5.36. The van der Waals surface area contributed by atoms with E-state index in [0.717, 1.165) is 10.9 Å². The molecule has 0 bridgehead atoms. The van der Waals surface area contributed by atoms with Crippen molar-refractivity contribution in [1.29, 1.82) is 0 Å². The zero-order valence-corrected chi connectivity index (χ0v) is 21.3. The van der Waals surface area contributed by atoms with E-state index in [2.05, 4.69) is 25.9 Å². The van der Waals surface area contributed by atoms with Crippen LogP contribution in [0.3, 0.4) is 0 Å². The highest BCUT2D eigenvalue weighted by atomic mass is 16.4. The number of aliphatic carboxylic acids is 2. The monoisotopic (exact) mass is 546 g/mol. The highest BCUT2D eigenvalue weighted by Crippen LogP contribution is 2.19. The van der Waals surface area contributed by atoms with Crippen LogP contribution in [0.5, 0.6) is 0 Å². The number of hydrogen-bond acceptors (Lipinski definition) is 7. The van der Waals surface area contributed by atoms with E-state index in [-0.39, 0.29) is 25.3 Å². The van der Waals surface area contributed by atoms with E-state index in [4.69, 9.17) is 22.3 Å². The van der Waals surface area contributed by atoms with E-state index in [1.807, 2.05) is 18.2 Å². The van der Waals surface area contributed by atoms with Gasteiger partial charge in [0.05, 0.1) is 12.5 Å². The van der Waals surface area contributed by atoms with E-state index >= 15 is 0 Å². The first-order chi connectivity index (χ1) is 18.4. The number of carboxylic acid groups (broad SMARTS) is 2. The van der Waals surface area contributed by atoms with Crippen LogP contribution in [0.1, 0.15) is 31.7 Å². The minimum atomic E-state index is -1.60. The Balaban J connectivity index is 2.24. The number of carboxylic acids is 2. The van der Waals surface area contributed by atoms with Gasteiger partial charge in [-0.2, -0.15) is 0 Å². The van der Waals surface area contributed by atoms with Gasteiger partial charge in [0.15, 0.2) is 5.96 Å². The maximum atomic E-state index is 13.3. The van der Waals surface area contributed by atoms with Gasteiger partial charge in [0.2, 0.25) is 17.7 Å². The van der Waals surface area contributed by atoms with E-state index in [0.29, 0.717) is 12.0 Å². The summed E-state index contributed by atoms with van der Waals surface area (Å²) in [4.78, 5) is 68.1. The molecule has 0 spiro atoms. The molecule has 0 aliphatic carbocycles. The number of nitrogens with two attached hydrogens (primary N) is 3. The molecule has 0 aliphatic rings. The summed E-state index contributed by atoms with van der Waals surface area (Å²) in [6, 6.07) is 2.09. The summed E-state index contributed by atoms with van der Waals surface area (Å²) in [5, 5.41) is 26.1. The van der Waals surface area contributed by atoms with Gasteiger partial charge in [-0.15, -0.1) is 0 Å². The number of aromatic nitrogens is 1. The number of nitrogens with zero attached hydrogens (tertiary/aromatic N) is 1. The third-order valence-electron chi connectivity index (χ3n) is 5.78. The number of benzene rings is 1. The average molecular weight is 547 g/mol. The number of fused-ring (bicyclic) bond motifs is 1. The van der Waals surface area contributed by atoms with E-state index in [1.54, 1.807) is 12.3 Å². The second-order valence-corrected chi connectivity index (χ2v) is 8.91. The van der Waals surface area contributed by atoms with Gasteiger partial charge in [0.25, 0.3) is 0 Å². The van der Waals surface area contributed by atoms with E-state index in [9.17, 15) is 29.1 Å². The molecule has 0 saturated carbocycles. The first-order valence-corrected chi connectivity index (χ1v) is 12.1. The van der Waals surface area contributed by atoms with Gasteiger partial charge in [0.1, 0.15) is 18.1 Å². The Labute approximate surface area is 223 Å². The van der Waals surface area contributed by atoms with Gasteiger partial charge in [-0.05, 0) is 31.4 Å². The summed E-state index contributed by atoms with van der Waals surface area (Å²) in [5.41, 5.74) is 18.0. The lowest BCUT2D eigenvalue weighted by Crippen LogP contribution is -2.57.